The van der Waals surface area contributed by atoms with Gasteiger partial charge in [0, 0.05) is 24.6 Å². The van der Waals surface area contributed by atoms with E-state index in [4.69, 9.17) is 4.74 Å². The number of aromatic amines is 1. The Morgan fingerprint density at radius 1 is 1.24 bits per heavy atom. The molecule has 2 fully saturated rings. The highest BCUT2D eigenvalue weighted by atomic mass is 19.4. The van der Waals surface area contributed by atoms with E-state index in [1.54, 1.807) is 9.80 Å². The fourth-order valence-electron chi connectivity index (χ4n) is 3.52. The summed E-state index contributed by atoms with van der Waals surface area (Å²) in [6.07, 6.45) is -2.61. The lowest BCUT2D eigenvalue weighted by Crippen LogP contribution is -2.58. The number of urea groups is 1. The van der Waals surface area contributed by atoms with Crippen molar-refractivity contribution in [2.75, 3.05) is 26.2 Å². The number of carbonyl (C=O) groups excluding carboxylic acids is 1. The second-order valence-corrected chi connectivity index (χ2v) is 7.23. The Morgan fingerprint density at radius 3 is 2.69 bits per heavy atom. The van der Waals surface area contributed by atoms with Gasteiger partial charge in [0.25, 0.3) is 0 Å². The molecular formula is C18H19F4N5O2. The van der Waals surface area contributed by atoms with Crippen LogP contribution in [0.15, 0.2) is 24.5 Å². The second kappa shape index (κ2) is 7.62. The number of halogens is 4. The highest BCUT2D eigenvalue weighted by molar-refractivity contribution is 5.75. The van der Waals surface area contributed by atoms with E-state index in [9.17, 15) is 22.4 Å². The van der Waals surface area contributed by atoms with Gasteiger partial charge in [-0.05, 0) is 18.6 Å². The number of alkyl halides is 3. The second-order valence-electron chi connectivity index (χ2n) is 7.23. The topological polar surface area (TPSA) is 74.3 Å². The molecule has 0 radical (unpaired) electrons. The zero-order valence-corrected chi connectivity index (χ0v) is 15.3. The molecule has 2 amide bonds. The van der Waals surface area contributed by atoms with Crippen LogP contribution >= 0.6 is 0 Å². The molecule has 7 nitrogen and oxygen atoms in total. The zero-order chi connectivity index (χ0) is 20.6. The van der Waals surface area contributed by atoms with Gasteiger partial charge < -0.3 is 14.5 Å². The van der Waals surface area contributed by atoms with Gasteiger partial charge in [0.2, 0.25) is 0 Å². The van der Waals surface area contributed by atoms with Crippen LogP contribution in [0.4, 0.5) is 22.4 Å². The van der Waals surface area contributed by atoms with Crippen LogP contribution < -0.4 is 0 Å². The van der Waals surface area contributed by atoms with E-state index in [1.165, 1.54) is 6.33 Å². The summed E-state index contributed by atoms with van der Waals surface area (Å²) in [4.78, 5) is 20.0. The number of nitrogens with one attached hydrogen (secondary N) is 1. The summed E-state index contributed by atoms with van der Waals surface area (Å²) in [6.45, 7) is 1.78. The van der Waals surface area contributed by atoms with Crippen molar-refractivity contribution in [1.82, 2.24) is 25.0 Å². The Bertz CT molecular complexity index is 868. The van der Waals surface area contributed by atoms with Crippen LogP contribution in [0.2, 0.25) is 0 Å². The molecular weight excluding hydrogens is 394 g/mol. The van der Waals surface area contributed by atoms with Crippen LogP contribution in [-0.4, -0.2) is 63.3 Å². The standard InChI is InChI=1S/C18H19F4N5O2/c19-15-5-13(18(20,21)22)2-1-12(15)9-29-14-7-27(8-14)17(28)26-4-3-11(6-26)16-23-10-24-25-16/h1-2,5,10-11,14H,3-4,6-9H2,(H,23,24,25)/t11-/m0/s1. The van der Waals surface area contributed by atoms with Crippen molar-refractivity contribution in [1.29, 1.82) is 0 Å². The fraction of sp³-hybridized carbons (Fsp3) is 0.500. The molecule has 11 heteroatoms. The van der Waals surface area contributed by atoms with Gasteiger partial charge in [0.1, 0.15) is 18.0 Å². The number of H-pyrrole nitrogens is 1. The van der Waals surface area contributed by atoms with Crippen LogP contribution in [0.1, 0.15) is 29.3 Å². The van der Waals surface area contributed by atoms with Crippen LogP contribution in [-0.2, 0) is 17.5 Å². The number of hydrogen-bond donors (Lipinski definition) is 1. The van der Waals surface area contributed by atoms with E-state index < -0.39 is 17.6 Å². The Balaban J connectivity index is 1.23. The first-order valence-corrected chi connectivity index (χ1v) is 9.17. The number of aromatic nitrogens is 3. The number of nitrogens with zero attached hydrogens (tertiary/aromatic N) is 4. The molecule has 0 aliphatic carbocycles. The summed E-state index contributed by atoms with van der Waals surface area (Å²) in [5.74, 6) is -0.0521. The lowest BCUT2D eigenvalue weighted by molar-refractivity contribution is -0.137. The maximum Gasteiger partial charge on any atom is 0.416 e. The normalized spacial score (nSPS) is 20.2. The molecule has 2 aromatic rings. The highest BCUT2D eigenvalue weighted by Crippen LogP contribution is 2.31. The molecule has 2 saturated heterocycles. The number of ether oxygens (including phenoxy) is 1. The SMILES string of the molecule is O=C(N1CC(OCc2ccc(C(F)(F)F)cc2F)C1)N1CC[C@H](c2ncn[nH]2)C1. The van der Waals surface area contributed by atoms with Crippen LogP contribution in [0.25, 0.3) is 0 Å². The van der Waals surface area contributed by atoms with Crippen molar-refractivity contribution in [3.8, 4) is 0 Å². The van der Waals surface area contributed by atoms with Crippen molar-refractivity contribution in [3.05, 3.63) is 47.3 Å². The number of amides is 2. The first-order chi connectivity index (χ1) is 13.8. The number of benzene rings is 1. The molecule has 0 saturated carbocycles. The summed E-state index contributed by atoms with van der Waals surface area (Å²) in [5, 5.41) is 6.65. The molecule has 1 aromatic carbocycles. The van der Waals surface area contributed by atoms with Crippen LogP contribution in [0, 0.1) is 5.82 Å². The molecule has 0 bridgehead atoms. The van der Waals surface area contributed by atoms with Crippen molar-refractivity contribution >= 4 is 6.03 Å². The van der Waals surface area contributed by atoms with Gasteiger partial charge >= 0.3 is 12.2 Å². The average molecular weight is 413 g/mol. The molecule has 0 unspecified atom stereocenters. The molecule has 1 N–H and O–H groups in total. The summed E-state index contributed by atoms with van der Waals surface area (Å²) in [7, 11) is 0. The smallest absolute Gasteiger partial charge is 0.370 e. The molecule has 156 valence electrons. The third-order valence-electron chi connectivity index (χ3n) is 5.25. The Hall–Kier alpha value is -2.69. The van der Waals surface area contributed by atoms with Crippen molar-refractivity contribution in [2.45, 2.75) is 31.2 Å². The molecule has 2 aliphatic heterocycles. The van der Waals surface area contributed by atoms with E-state index in [2.05, 4.69) is 15.2 Å². The quantitative estimate of drug-likeness (QED) is 0.783. The predicted molar refractivity (Wildman–Crippen MR) is 92.3 cm³/mol. The minimum absolute atomic E-state index is 0.0530. The van der Waals surface area contributed by atoms with Gasteiger partial charge in [-0.15, -0.1) is 0 Å². The maximum absolute atomic E-state index is 13.9. The first-order valence-electron chi connectivity index (χ1n) is 9.17. The third kappa shape index (κ3) is 4.19. The first kappa shape index (κ1) is 19.6. The molecule has 3 heterocycles. The highest BCUT2D eigenvalue weighted by Gasteiger charge is 2.37. The van der Waals surface area contributed by atoms with E-state index >= 15 is 0 Å². The van der Waals surface area contributed by atoms with Crippen molar-refractivity contribution in [3.63, 3.8) is 0 Å². The van der Waals surface area contributed by atoms with E-state index in [-0.39, 0.29) is 30.2 Å². The summed E-state index contributed by atoms with van der Waals surface area (Å²) in [5.41, 5.74) is -0.981. The molecule has 1 aromatic heterocycles. The lowest BCUT2D eigenvalue weighted by Gasteiger charge is -2.40. The Labute approximate surface area is 163 Å². The fourth-order valence-corrected chi connectivity index (χ4v) is 3.52. The minimum atomic E-state index is -4.59. The molecule has 2 aliphatic rings. The maximum atomic E-state index is 13.9. The molecule has 0 spiro atoms. The number of rotatable bonds is 4. The molecule has 1 atom stereocenters. The molecule has 4 rings (SSSR count). The van der Waals surface area contributed by atoms with Crippen molar-refractivity contribution in [2.24, 2.45) is 0 Å². The minimum Gasteiger partial charge on any atom is -0.370 e. The lowest BCUT2D eigenvalue weighted by atomic mass is 10.1. The summed E-state index contributed by atoms with van der Waals surface area (Å²) >= 11 is 0. The van der Waals surface area contributed by atoms with Gasteiger partial charge in [0.05, 0.1) is 31.4 Å². The van der Waals surface area contributed by atoms with Gasteiger partial charge in [-0.3, -0.25) is 5.10 Å². The van der Waals surface area contributed by atoms with Crippen LogP contribution in [0.3, 0.4) is 0 Å². The summed E-state index contributed by atoms with van der Waals surface area (Å²) < 4.78 is 57.1. The van der Waals surface area contributed by atoms with Crippen molar-refractivity contribution < 1.29 is 27.1 Å². The summed E-state index contributed by atoms with van der Waals surface area (Å²) in [6, 6.07) is 2.28. The average Bonchev–Trinajstić information content (AvgIpc) is 3.31. The third-order valence-corrected chi connectivity index (χ3v) is 5.25. The Morgan fingerprint density at radius 2 is 2.03 bits per heavy atom. The zero-order valence-electron chi connectivity index (χ0n) is 15.3. The number of hydrogen-bond acceptors (Lipinski definition) is 4. The monoisotopic (exact) mass is 413 g/mol. The van der Waals surface area contributed by atoms with Gasteiger partial charge in [0.15, 0.2) is 0 Å². The number of carbonyl (C=O) groups is 1. The Kier molecular flexibility index (Phi) is 5.15. The van der Waals surface area contributed by atoms with Gasteiger partial charge in [-0.25, -0.2) is 14.2 Å². The van der Waals surface area contributed by atoms with E-state index in [1.807, 2.05) is 0 Å². The van der Waals surface area contributed by atoms with Gasteiger partial charge in [-0.2, -0.15) is 18.3 Å². The largest absolute Gasteiger partial charge is 0.416 e. The predicted octanol–water partition coefficient (Wildman–Crippen LogP) is 2.77. The van der Waals surface area contributed by atoms with E-state index in [0.29, 0.717) is 32.2 Å². The molecule has 29 heavy (non-hydrogen) atoms. The number of likely N-dealkylation sites (tertiary alicyclic amines) is 2. The van der Waals surface area contributed by atoms with E-state index in [0.717, 1.165) is 24.4 Å². The van der Waals surface area contributed by atoms with Crippen LogP contribution in [0.5, 0.6) is 0 Å². The van der Waals surface area contributed by atoms with Gasteiger partial charge in [-0.1, -0.05) is 6.07 Å².